The largest absolute Gasteiger partial charge is 0.479 e. The molecule has 0 fully saturated rings. The van der Waals surface area contributed by atoms with Gasteiger partial charge in [0.25, 0.3) is 11.8 Å². The maximum Gasteiger partial charge on any atom is 0.262 e. The molecule has 26 heavy (non-hydrogen) atoms. The fraction of sp³-hybridized carbons (Fsp3) is 0.167. The minimum absolute atomic E-state index is 0.229. The molecule has 0 saturated heterocycles. The molecule has 0 aliphatic carbocycles. The number of anilines is 1. The van der Waals surface area contributed by atoms with Gasteiger partial charge in [-0.25, -0.2) is 0 Å². The molecule has 0 radical (unpaired) electrons. The maximum atomic E-state index is 12.3. The minimum atomic E-state index is -0.343. The van der Waals surface area contributed by atoms with Gasteiger partial charge in [0, 0.05) is 24.5 Å². The second-order valence-electron chi connectivity index (χ2n) is 5.52. The summed E-state index contributed by atoms with van der Waals surface area (Å²) < 4.78 is 11.7. The Hall–Kier alpha value is -3.55. The number of furan rings is 1. The molecule has 0 spiro atoms. The summed E-state index contributed by atoms with van der Waals surface area (Å²) in [6.07, 6.45) is 3.13. The van der Waals surface area contributed by atoms with Crippen LogP contribution in [0.3, 0.4) is 0 Å². The highest BCUT2D eigenvalue weighted by Crippen LogP contribution is 2.17. The summed E-state index contributed by atoms with van der Waals surface area (Å²) in [4.78, 5) is 24.4. The second kappa shape index (κ2) is 7.56. The van der Waals surface area contributed by atoms with E-state index >= 15 is 0 Å². The quantitative estimate of drug-likeness (QED) is 0.707. The molecule has 8 nitrogen and oxygen atoms in total. The summed E-state index contributed by atoms with van der Waals surface area (Å²) in [5.41, 5.74) is 1.37. The van der Waals surface area contributed by atoms with Gasteiger partial charge >= 0.3 is 0 Å². The van der Waals surface area contributed by atoms with Crippen LogP contribution in [0.15, 0.2) is 53.3 Å². The summed E-state index contributed by atoms with van der Waals surface area (Å²) in [5.74, 6) is 0.352. The summed E-state index contributed by atoms with van der Waals surface area (Å²) in [5, 5.41) is 9.55. The molecule has 3 aromatic rings. The fourth-order valence-corrected chi connectivity index (χ4v) is 2.36. The van der Waals surface area contributed by atoms with E-state index in [1.807, 2.05) is 0 Å². The fourth-order valence-electron chi connectivity index (χ4n) is 2.36. The van der Waals surface area contributed by atoms with Crippen LogP contribution in [0, 0.1) is 0 Å². The van der Waals surface area contributed by atoms with Crippen molar-refractivity contribution in [2.45, 2.75) is 6.54 Å². The number of aryl methyl sites for hydroxylation is 1. The highest BCUT2D eigenvalue weighted by atomic mass is 16.5. The molecule has 2 amide bonds. The van der Waals surface area contributed by atoms with Crippen molar-refractivity contribution in [3.05, 3.63) is 65.7 Å². The minimum Gasteiger partial charge on any atom is -0.479 e. The monoisotopic (exact) mass is 354 g/mol. The summed E-state index contributed by atoms with van der Waals surface area (Å²) in [7, 11) is 3.16. The number of carbonyl (C=O) groups excluding carboxylic acids is 2. The van der Waals surface area contributed by atoms with Gasteiger partial charge in [0.1, 0.15) is 11.3 Å². The number of amides is 2. The lowest BCUT2D eigenvalue weighted by atomic mass is 10.2. The Morgan fingerprint density at radius 1 is 1.19 bits per heavy atom. The van der Waals surface area contributed by atoms with Crippen LogP contribution in [0.1, 0.15) is 26.5 Å². The first kappa shape index (κ1) is 17.3. The highest BCUT2D eigenvalue weighted by Gasteiger charge is 2.16. The van der Waals surface area contributed by atoms with Crippen molar-refractivity contribution in [2.75, 3.05) is 12.4 Å². The highest BCUT2D eigenvalue weighted by molar-refractivity contribution is 6.06. The number of ether oxygens (including phenoxy) is 1. The van der Waals surface area contributed by atoms with E-state index in [2.05, 4.69) is 15.7 Å². The summed E-state index contributed by atoms with van der Waals surface area (Å²) in [6.45, 7) is 0.311. The average molecular weight is 354 g/mol. The molecule has 0 saturated carbocycles. The Bertz CT molecular complexity index is 898. The molecular weight excluding hydrogens is 336 g/mol. The van der Waals surface area contributed by atoms with Gasteiger partial charge in [-0.1, -0.05) is 0 Å². The lowest BCUT2D eigenvalue weighted by molar-refractivity contribution is 0.0947. The van der Waals surface area contributed by atoms with E-state index in [4.69, 9.17) is 9.15 Å². The molecule has 2 heterocycles. The predicted octanol–water partition coefficient (Wildman–Crippen LogP) is 2.20. The normalized spacial score (nSPS) is 10.4. The predicted molar refractivity (Wildman–Crippen MR) is 94.0 cm³/mol. The molecule has 2 aromatic heterocycles. The number of rotatable bonds is 6. The molecule has 0 unspecified atom stereocenters. The van der Waals surface area contributed by atoms with Crippen LogP contribution in [0.2, 0.25) is 0 Å². The van der Waals surface area contributed by atoms with Gasteiger partial charge in [0.15, 0.2) is 0 Å². The first-order chi connectivity index (χ1) is 12.6. The van der Waals surface area contributed by atoms with E-state index in [0.29, 0.717) is 29.1 Å². The van der Waals surface area contributed by atoms with E-state index in [0.717, 1.165) is 0 Å². The molecule has 3 rings (SSSR count). The zero-order valence-corrected chi connectivity index (χ0v) is 14.4. The third kappa shape index (κ3) is 3.92. The van der Waals surface area contributed by atoms with Crippen LogP contribution < -0.4 is 15.4 Å². The zero-order chi connectivity index (χ0) is 18.5. The smallest absolute Gasteiger partial charge is 0.262 e. The molecule has 2 N–H and O–H groups in total. The lowest BCUT2D eigenvalue weighted by Crippen LogP contribution is -2.22. The topological polar surface area (TPSA) is 98.4 Å². The summed E-state index contributed by atoms with van der Waals surface area (Å²) in [6, 6.07) is 10.1. The standard InChI is InChI=1S/C18H18N4O4/c1-22-11-15(18(21-22)25-2)17(24)20-13-7-5-12(6-8-13)16(23)19-10-14-4-3-9-26-14/h3-9,11H,10H2,1-2H3,(H,19,23)(H,20,24). The van der Waals surface area contributed by atoms with Crippen molar-refractivity contribution in [3.8, 4) is 5.88 Å². The number of hydrogen-bond donors (Lipinski definition) is 2. The van der Waals surface area contributed by atoms with E-state index < -0.39 is 0 Å². The molecule has 0 aliphatic heterocycles. The Kier molecular flexibility index (Phi) is 5.02. The molecule has 0 atom stereocenters. The van der Waals surface area contributed by atoms with Gasteiger partial charge in [-0.2, -0.15) is 0 Å². The van der Waals surface area contributed by atoms with Gasteiger partial charge in [-0.15, -0.1) is 5.10 Å². The average Bonchev–Trinajstić information content (AvgIpc) is 3.29. The first-order valence-corrected chi connectivity index (χ1v) is 7.86. The van der Waals surface area contributed by atoms with Crippen LogP contribution in [0.5, 0.6) is 5.88 Å². The first-order valence-electron chi connectivity index (χ1n) is 7.86. The second-order valence-corrected chi connectivity index (χ2v) is 5.52. The number of hydrogen-bond acceptors (Lipinski definition) is 5. The molecule has 8 heteroatoms. The number of methoxy groups -OCH3 is 1. The van der Waals surface area contributed by atoms with E-state index in [1.165, 1.54) is 11.8 Å². The lowest BCUT2D eigenvalue weighted by Gasteiger charge is -2.07. The molecule has 0 bridgehead atoms. The van der Waals surface area contributed by atoms with E-state index in [9.17, 15) is 9.59 Å². The van der Waals surface area contributed by atoms with E-state index in [-0.39, 0.29) is 17.7 Å². The Labute approximate surface area is 149 Å². The van der Waals surface area contributed by atoms with Crippen molar-refractivity contribution in [1.82, 2.24) is 15.1 Å². The van der Waals surface area contributed by atoms with Crippen LogP contribution in [-0.4, -0.2) is 28.7 Å². The van der Waals surface area contributed by atoms with Gasteiger partial charge in [-0.05, 0) is 36.4 Å². The van der Waals surface area contributed by atoms with Gasteiger partial charge in [-0.3, -0.25) is 14.3 Å². The molecular formula is C18H18N4O4. The maximum absolute atomic E-state index is 12.3. The van der Waals surface area contributed by atoms with Crippen molar-refractivity contribution < 1.29 is 18.7 Å². The zero-order valence-electron chi connectivity index (χ0n) is 14.4. The Balaban J connectivity index is 1.61. The number of aromatic nitrogens is 2. The van der Waals surface area contributed by atoms with Crippen molar-refractivity contribution in [1.29, 1.82) is 0 Å². The number of nitrogens with zero attached hydrogens (tertiary/aromatic N) is 2. The molecule has 134 valence electrons. The molecule has 1 aromatic carbocycles. The number of benzene rings is 1. The van der Waals surface area contributed by atoms with E-state index in [1.54, 1.807) is 55.9 Å². The molecule has 0 aliphatic rings. The van der Waals surface area contributed by atoms with Crippen LogP contribution in [-0.2, 0) is 13.6 Å². The SMILES string of the molecule is COc1nn(C)cc1C(=O)Nc1ccc(C(=O)NCc2ccco2)cc1. The Morgan fingerprint density at radius 2 is 1.96 bits per heavy atom. The van der Waals surface area contributed by atoms with Crippen molar-refractivity contribution in [2.24, 2.45) is 7.05 Å². The van der Waals surface area contributed by atoms with Crippen molar-refractivity contribution in [3.63, 3.8) is 0 Å². The Morgan fingerprint density at radius 3 is 2.62 bits per heavy atom. The summed E-state index contributed by atoms with van der Waals surface area (Å²) >= 11 is 0. The van der Waals surface area contributed by atoms with Gasteiger partial charge in [0.05, 0.1) is 19.9 Å². The number of nitrogens with one attached hydrogen (secondary N) is 2. The van der Waals surface area contributed by atoms with Gasteiger partial charge < -0.3 is 19.8 Å². The van der Waals surface area contributed by atoms with Crippen molar-refractivity contribution >= 4 is 17.5 Å². The number of carbonyl (C=O) groups is 2. The van der Waals surface area contributed by atoms with Crippen LogP contribution >= 0.6 is 0 Å². The third-order valence-electron chi connectivity index (χ3n) is 3.64. The van der Waals surface area contributed by atoms with Crippen LogP contribution in [0.25, 0.3) is 0 Å². The van der Waals surface area contributed by atoms with Gasteiger partial charge in [0.2, 0.25) is 5.88 Å². The van der Waals surface area contributed by atoms with Crippen LogP contribution in [0.4, 0.5) is 5.69 Å². The third-order valence-corrected chi connectivity index (χ3v) is 3.64.